The first-order valence-electron chi connectivity index (χ1n) is 6.67. The minimum absolute atomic E-state index is 0.488. The van der Waals surface area contributed by atoms with Gasteiger partial charge in [-0.15, -0.1) is 0 Å². The van der Waals surface area contributed by atoms with Crippen LogP contribution in [0.2, 0.25) is 0 Å². The van der Waals surface area contributed by atoms with Gasteiger partial charge in [0, 0.05) is 24.1 Å². The molecule has 0 atom stereocenters. The van der Waals surface area contributed by atoms with Crippen LogP contribution in [0.25, 0.3) is 5.69 Å². The Balaban J connectivity index is 2.04. The topological polar surface area (TPSA) is 29.9 Å². The molecule has 3 nitrogen and oxygen atoms in total. The summed E-state index contributed by atoms with van der Waals surface area (Å²) in [5.41, 5.74) is 5.12. The Labute approximate surface area is 108 Å². The van der Waals surface area contributed by atoms with Crippen LogP contribution in [0.4, 0.5) is 5.69 Å². The lowest BCUT2D eigenvalue weighted by atomic mass is 10.0. The van der Waals surface area contributed by atoms with Gasteiger partial charge >= 0.3 is 0 Å². The summed E-state index contributed by atoms with van der Waals surface area (Å²) in [6.07, 6.45) is 4.26. The van der Waals surface area contributed by atoms with E-state index in [0.29, 0.717) is 5.92 Å². The third kappa shape index (κ3) is 1.90. The van der Waals surface area contributed by atoms with Crippen molar-refractivity contribution < 1.29 is 0 Å². The zero-order valence-electron chi connectivity index (χ0n) is 11.0. The third-order valence-corrected chi connectivity index (χ3v) is 3.54. The van der Waals surface area contributed by atoms with Crippen molar-refractivity contribution in [1.82, 2.24) is 9.78 Å². The second kappa shape index (κ2) is 4.48. The molecule has 0 aliphatic carbocycles. The number of nitrogens with one attached hydrogen (secondary N) is 1. The van der Waals surface area contributed by atoms with Gasteiger partial charge in [-0.3, -0.25) is 0 Å². The second-order valence-electron chi connectivity index (χ2n) is 5.19. The molecule has 0 saturated carbocycles. The number of fused-ring (bicyclic) bond motifs is 1. The number of hydrogen-bond donors (Lipinski definition) is 1. The fourth-order valence-electron chi connectivity index (χ4n) is 2.56. The molecule has 0 radical (unpaired) electrons. The van der Waals surface area contributed by atoms with E-state index in [1.807, 2.05) is 6.20 Å². The van der Waals surface area contributed by atoms with Crippen LogP contribution in [0.1, 0.15) is 37.4 Å². The molecule has 1 aromatic carbocycles. The molecule has 0 amide bonds. The van der Waals surface area contributed by atoms with Crippen molar-refractivity contribution in [2.24, 2.45) is 0 Å². The summed E-state index contributed by atoms with van der Waals surface area (Å²) in [6.45, 7) is 5.49. The summed E-state index contributed by atoms with van der Waals surface area (Å²) in [5, 5.41) is 7.90. The lowest BCUT2D eigenvalue weighted by Gasteiger charge is -2.19. The summed E-state index contributed by atoms with van der Waals surface area (Å²) >= 11 is 0. The molecule has 0 bridgehead atoms. The summed E-state index contributed by atoms with van der Waals surface area (Å²) in [6, 6.07) is 8.69. The normalized spacial score (nSPS) is 14.4. The van der Waals surface area contributed by atoms with Crippen molar-refractivity contribution in [2.45, 2.75) is 32.6 Å². The molecule has 3 rings (SSSR count). The summed E-state index contributed by atoms with van der Waals surface area (Å²) in [4.78, 5) is 0. The number of nitrogens with zero attached hydrogens (tertiary/aromatic N) is 2. The van der Waals surface area contributed by atoms with E-state index in [1.54, 1.807) is 0 Å². The van der Waals surface area contributed by atoms with Crippen molar-refractivity contribution in [3.05, 3.63) is 41.7 Å². The van der Waals surface area contributed by atoms with Crippen LogP contribution in [0.5, 0.6) is 0 Å². The highest BCUT2D eigenvalue weighted by Gasteiger charge is 2.12. The molecular weight excluding hydrogens is 222 g/mol. The number of rotatable bonds is 2. The Morgan fingerprint density at radius 3 is 3.00 bits per heavy atom. The van der Waals surface area contributed by atoms with E-state index in [4.69, 9.17) is 0 Å². The van der Waals surface area contributed by atoms with Gasteiger partial charge in [0.25, 0.3) is 0 Å². The standard InChI is InChI=1S/C15H19N3/c1-11(2)15-7-9-17-18(15)13-5-6-14-12(10-13)4-3-8-16-14/h5-7,9-11,16H,3-4,8H2,1-2H3. The van der Waals surface area contributed by atoms with Crippen molar-refractivity contribution in [3.8, 4) is 5.69 Å². The largest absolute Gasteiger partial charge is 0.385 e. The number of aryl methyl sites for hydroxylation is 1. The monoisotopic (exact) mass is 241 g/mol. The summed E-state index contributed by atoms with van der Waals surface area (Å²) in [5.74, 6) is 0.488. The zero-order valence-corrected chi connectivity index (χ0v) is 11.0. The summed E-state index contributed by atoms with van der Waals surface area (Å²) in [7, 11) is 0. The molecule has 0 saturated heterocycles. The molecule has 1 aliphatic heterocycles. The van der Waals surface area contributed by atoms with E-state index in [2.05, 4.69) is 53.2 Å². The lowest BCUT2D eigenvalue weighted by Crippen LogP contribution is -2.12. The van der Waals surface area contributed by atoms with Crippen molar-refractivity contribution in [2.75, 3.05) is 11.9 Å². The Hall–Kier alpha value is -1.77. The van der Waals surface area contributed by atoms with Crippen LogP contribution in [0.15, 0.2) is 30.5 Å². The van der Waals surface area contributed by atoms with Crippen LogP contribution in [-0.2, 0) is 6.42 Å². The molecule has 1 aromatic heterocycles. The third-order valence-electron chi connectivity index (χ3n) is 3.54. The van der Waals surface area contributed by atoms with Gasteiger partial charge in [0.15, 0.2) is 0 Å². The van der Waals surface area contributed by atoms with E-state index < -0.39 is 0 Å². The van der Waals surface area contributed by atoms with Gasteiger partial charge in [0.1, 0.15) is 0 Å². The van der Waals surface area contributed by atoms with Crippen molar-refractivity contribution in [1.29, 1.82) is 0 Å². The molecule has 0 spiro atoms. The van der Waals surface area contributed by atoms with Gasteiger partial charge in [-0.1, -0.05) is 13.8 Å². The first-order chi connectivity index (χ1) is 8.75. The Bertz CT molecular complexity index is 555. The maximum Gasteiger partial charge on any atom is 0.0653 e. The average Bonchev–Trinajstić information content (AvgIpc) is 2.87. The zero-order chi connectivity index (χ0) is 12.5. The Kier molecular flexibility index (Phi) is 2.82. The van der Waals surface area contributed by atoms with E-state index >= 15 is 0 Å². The van der Waals surface area contributed by atoms with E-state index in [-0.39, 0.29) is 0 Å². The SMILES string of the molecule is CC(C)c1ccnn1-c1ccc2c(c1)CCCN2. The smallest absolute Gasteiger partial charge is 0.0653 e. The van der Waals surface area contributed by atoms with Gasteiger partial charge in [-0.05, 0) is 48.6 Å². The maximum absolute atomic E-state index is 4.45. The molecule has 2 heterocycles. The first-order valence-corrected chi connectivity index (χ1v) is 6.67. The first kappa shape index (κ1) is 11.3. The van der Waals surface area contributed by atoms with Crippen LogP contribution in [0, 0.1) is 0 Å². The fourth-order valence-corrected chi connectivity index (χ4v) is 2.56. The predicted molar refractivity (Wildman–Crippen MR) is 74.5 cm³/mol. The quantitative estimate of drug-likeness (QED) is 0.873. The Morgan fingerprint density at radius 1 is 1.28 bits per heavy atom. The Morgan fingerprint density at radius 2 is 2.17 bits per heavy atom. The second-order valence-corrected chi connectivity index (χ2v) is 5.19. The minimum Gasteiger partial charge on any atom is -0.385 e. The number of aromatic nitrogens is 2. The predicted octanol–water partition coefficient (Wildman–Crippen LogP) is 3.35. The average molecular weight is 241 g/mol. The molecule has 0 unspecified atom stereocenters. The molecule has 0 fully saturated rings. The van der Waals surface area contributed by atoms with Crippen LogP contribution < -0.4 is 5.32 Å². The van der Waals surface area contributed by atoms with Crippen LogP contribution in [0.3, 0.4) is 0 Å². The molecule has 2 aromatic rings. The molecule has 18 heavy (non-hydrogen) atoms. The fraction of sp³-hybridized carbons (Fsp3) is 0.400. The lowest BCUT2D eigenvalue weighted by molar-refractivity contribution is 0.732. The molecule has 3 heteroatoms. The number of benzene rings is 1. The van der Waals surface area contributed by atoms with Crippen molar-refractivity contribution >= 4 is 5.69 Å². The number of hydrogen-bond acceptors (Lipinski definition) is 2. The van der Waals surface area contributed by atoms with E-state index in [9.17, 15) is 0 Å². The summed E-state index contributed by atoms with van der Waals surface area (Å²) < 4.78 is 2.06. The number of anilines is 1. The highest BCUT2D eigenvalue weighted by atomic mass is 15.3. The van der Waals surface area contributed by atoms with Gasteiger partial charge in [0.2, 0.25) is 0 Å². The van der Waals surface area contributed by atoms with Gasteiger partial charge < -0.3 is 5.32 Å². The maximum atomic E-state index is 4.45. The van der Waals surface area contributed by atoms with Crippen LogP contribution >= 0.6 is 0 Å². The van der Waals surface area contributed by atoms with Crippen molar-refractivity contribution in [3.63, 3.8) is 0 Å². The highest BCUT2D eigenvalue weighted by Crippen LogP contribution is 2.26. The molecular formula is C15H19N3. The minimum atomic E-state index is 0.488. The van der Waals surface area contributed by atoms with Gasteiger partial charge in [-0.25, -0.2) is 4.68 Å². The van der Waals surface area contributed by atoms with Gasteiger partial charge in [-0.2, -0.15) is 5.10 Å². The molecule has 1 N–H and O–H groups in total. The molecule has 1 aliphatic rings. The molecule has 94 valence electrons. The van der Waals surface area contributed by atoms with Gasteiger partial charge in [0.05, 0.1) is 5.69 Å². The van der Waals surface area contributed by atoms with E-state index in [0.717, 1.165) is 13.0 Å². The van der Waals surface area contributed by atoms with E-state index in [1.165, 1.54) is 29.1 Å². The highest BCUT2D eigenvalue weighted by molar-refractivity contribution is 5.57. The van der Waals surface area contributed by atoms with Crippen LogP contribution in [-0.4, -0.2) is 16.3 Å².